The Labute approximate surface area is 269 Å². The lowest BCUT2D eigenvalue weighted by molar-refractivity contribution is -0.136. The maximum absolute atomic E-state index is 13.7. The van der Waals surface area contributed by atoms with Gasteiger partial charge in [-0.15, -0.1) is 0 Å². The number of methoxy groups -OCH3 is 1. The molecule has 0 radical (unpaired) electrons. The van der Waals surface area contributed by atoms with Gasteiger partial charge in [-0.05, 0) is 73.3 Å². The summed E-state index contributed by atoms with van der Waals surface area (Å²) in [6, 6.07) is 13.4. The molecule has 0 unspecified atom stereocenters. The highest BCUT2D eigenvalue weighted by Gasteiger charge is 2.31. The van der Waals surface area contributed by atoms with Crippen molar-refractivity contribution in [2.24, 2.45) is 13.0 Å². The first-order valence-corrected chi connectivity index (χ1v) is 17.0. The van der Waals surface area contributed by atoms with Gasteiger partial charge in [-0.1, -0.05) is 18.2 Å². The summed E-state index contributed by atoms with van der Waals surface area (Å²) in [7, 11) is 3.69. The summed E-state index contributed by atoms with van der Waals surface area (Å²) < 4.78 is 15.5. The number of piperidine rings is 1. The van der Waals surface area contributed by atoms with E-state index >= 15 is 0 Å². The minimum absolute atomic E-state index is 0.0762. The third-order valence-electron chi connectivity index (χ3n) is 10.6. The van der Waals surface area contributed by atoms with Crippen LogP contribution in [0.25, 0.3) is 33.5 Å². The smallest absolute Gasteiger partial charge is 0.254 e. The van der Waals surface area contributed by atoms with E-state index in [4.69, 9.17) is 14.5 Å². The van der Waals surface area contributed by atoms with Crippen molar-refractivity contribution in [3.05, 3.63) is 53.1 Å². The van der Waals surface area contributed by atoms with Gasteiger partial charge in [-0.3, -0.25) is 9.59 Å². The van der Waals surface area contributed by atoms with E-state index in [0.717, 1.165) is 92.3 Å². The van der Waals surface area contributed by atoms with Crippen LogP contribution in [0, 0.1) is 5.92 Å². The van der Waals surface area contributed by atoms with E-state index in [1.807, 2.05) is 15.9 Å². The number of para-hydroxylation sites is 1. The van der Waals surface area contributed by atoms with E-state index < -0.39 is 0 Å². The van der Waals surface area contributed by atoms with Gasteiger partial charge in [0.1, 0.15) is 6.61 Å². The highest BCUT2D eigenvalue weighted by molar-refractivity contribution is 6.01. The number of rotatable bonds is 8. The summed E-state index contributed by atoms with van der Waals surface area (Å²) in [5.74, 6) is 2.18. The zero-order valence-corrected chi connectivity index (χ0v) is 27.0. The molecule has 2 aromatic carbocycles. The first-order chi connectivity index (χ1) is 22.5. The van der Waals surface area contributed by atoms with Crippen LogP contribution in [0.4, 0.5) is 0 Å². The molecule has 2 aromatic heterocycles. The average Bonchev–Trinajstić information content (AvgIpc) is 3.75. The first kappa shape index (κ1) is 29.7. The number of carbonyl (C=O) groups is 2. The maximum atomic E-state index is 13.7. The van der Waals surface area contributed by atoms with E-state index in [9.17, 15) is 9.59 Å². The molecule has 8 rings (SSSR count). The van der Waals surface area contributed by atoms with Crippen LogP contribution < -0.4 is 5.32 Å². The molecule has 4 aliphatic rings. The summed E-state index contributed by atoms with van der Waals surface area (Å²) in [6.07, 6.45) is 5.26. The zero-order valence-electron chi connectivity index (χ0n) is 27.0. The van der Waals surface area contributed by atoms with Gasteiger partial charge in [0, 0.05) is 70.4 Å². The molecule has 0 spiro atoms. The molecule has 2 saturated heterocycles. The first-order valence-electron chi connectivity index (χ1n) is 17.0. The summed E-state index contributed by atoms with van der Waals surface area (Å²) in [6.45, 7) is 6.23. The number of likely N-dealkylation sites (tertiary alicyclic amines) is 1. The Morgan fingerprint density at radius 3 is 2.70 bits per heavy atom. The van der Waals surface area contributed by atoms with Gasteiger partial charge < -0.3 is 33.7 Å². The van der Waals surface area contributed by atoms with Gasteiger partial charge in [0.2, 0.25) is 5.91 Å². The van der Waals surface area contributed by atoms with Crippen LogP contribution in [-0.4, -0.2) is 101 Å². The zero-order chi connectivity index (χ0) is 31.4. The summed E-state index contributed by atoms with van der Waals surface area (Å²) in [4.78, 5) is 35.3. The van der Waals surface area contributed by atoms with E-state index in [2.05, 4.69) is 51.8 Å². The molecule has 46 heavy (non-hydrogen) atoms. The highest BCUT2D eigenvalue weighted by atomic mass is 16.5. The van der Waals surface area contributed by atoms with Crippen LogP contribution in [0.5, 0.6) is 0 Å². The lowest BCUT2D eigenvalue weighted by Gasteiger charge is -2.33. The molecule has 10 heteroatoms. The van der Waals surface area contributed by atoms with E-state index in [0.29, 0.717) is 25.0 Å². The van der Waals surface area contributed by atoms with Gasteiger partial charge in [-0.25, -0.2) is 4.98 Å². The second-order valence-corrected chi connectivity index (χ2v) is 13.7. The fraction of sp³-hybridized carbons (Fsp3) is 0.528. The third kappa shape index (κ3) is 5.40. The predicted octanol–water partition coefficient (Wildman–Crippen LogP) is 3.94. The molecule has 5 heterocycles. The van der Waals surface area contributed by atoms with Crippen LogP contribution >= 0.6 is 0 Å². The normalized spacial score (nSPS) is 21.0. The molecule has 0 bridgehead atoms. The number of amides is 2. The van der Waals surface area contributed by atoms with Gasteiger partial charge in [0.15, 0.2) is 5.82 Å². The predicted molar refractivity (Wildman–Crippen MR) is 177 cm³/mol. The second kappa shape index (κ2) is 12.1. The van der Waals surface area contributed by atoms with Crippen LogP contribution in [0.2, 0.25) is 0 Å². The standard InChI is InChI=1S/C36H44N6O4/c1-39-31-16-25-10-14-41(20-27-21-46-15-11-37-27)36(44)29(25)18-30(31)38-35(39)32-17-26-4-3-5-28(34(26)42(32)19-23-6-7-23)24-8-12-40(13-9-24)33(43)22-45-2/h3-5,16-18,23-24,27,37H,6-15,19-22H2,1-2H3/t27-/m0/s1. The number of aryl methyl sites for hydroxylation is 1. The van der Waals surface area contributed by atoms with E-state index in [1.165, 1.54) is 29.3 Å². The Morgan fingerprint density at radius 1 is 1.09 bits per heavy atom. The van der Waals surface area contributed by atoms with Crippen molar-refractivity contribution < 1.29 is 19.1 Å². The minimum Gasteiger partial charge on any atom is -0.378 e. The van der Waals surface area contributed by atoms with Crippen LogP contribution in [-0.2, 0) is 34.3 Å². The maximum Gasteiger partial charge on any atom is 0.254 e. The van der Waals surface area contributed by atoms with Crippen molar-refractivity contribution in [3.8, 4) is 11.5 Å². The van der Waals surface area contributed by atoms with Crippen LogP contribution in [0.1, 0.15) is 53.1 Å². The van der Waals surface area contributed by atoms with E-state index in [-0.39, 0.29) is 24.5 Å². The summed E-state index contributed by atoms with van der Waals surface area (Å²) in [5.41, 5.74) is 7.62. The van der Waals surface area contributed by atoms with Crippen molar-refractivity contribution in [2.75, 3.05) is 59.7 Å². The van der Waals surface area contributed by atoms with Crippen LogP contribution in [0.3, 0.4) is 0 Å². The molecule has 2 amide bonds. The Bertz CT molecular complexity index is 1790. The molecule has 1 atom stereocenters. The number of nitrogens with zero attached hydrogens (tertiary/aromatic N) is 5. The van der Waals surface area contributed by atoms with E-state index in [1.54, 1.807) is 7.11 Å². The lowest BCUT2D eigenvalue weighted by atomic mass is 9.88. The highest BCUT2D eigenvalue weighted by Crippen LogP contribution is 2.41. The van der Waals surface area contributed by atoms with Crippen LogP contribution in [0.15, 0.2) is 36.4 Å². The number of hydrogen-bond donors (Lipinski definition) is 1. The molecule has 242 valence electrons. The summed E-state index contributed by atoms with van der Waals surface area (Å²) in [5, 5.41) is 4.72. The number of benzene rings is 2. The Kier molecular flexibility index (Phi) is 7.82. The van der Waals surface area contributed by atoms with Crippen molar-refractivity contribution in [3.63, 3.8) is 0 Å². The molecule has 3 aliphatic heterocycles. The van der Waals surface area contributed by atoms with Gasteiger partial charge in [0.05, 0.1) is 35.5 Å². The van der Waals surface area contributed by atoms with Gasteiger partial charge in [0.25, 0.3) is 5.91 Å². The summed E-state index contributed by atoms with van der Waals surface area (Å²) >= 11 is 0. The Morgan fingerprint density at radius 2 is 1.93 bits per heavy atom. The SMILES string of the molecule is COCC(=O)N1CCC(c2cccc3cc(-c4nc5cc6c(cc5n4C)CCN(C[C@H]4COCCN4)C6=O)n(CC4CC4)c23)CC1. The van der Waals surface area contributed by atoms with Crippen molar-refractivity contribution in [1.29, 1.82) is 0 Å². The van der Waals surface area contributed by atoms with Crippen molar-refractivity contribution >= 4 is 33.8 Å². The number of ether oxygens (including phenoxy) is 2. The fourth-order valence-electron chi connectivity index (χ4n) is 7.89. The topological polar surface area (TPSA) is 93.9 Å². The molecular formula is C36H44N6O4. The lowest BCUT2D eigenvalue weighted by Crippen LogP contribution is -2.51. The molecule has 1 aliphatic carbocycles. The third-order valence-corrected chi connectivity index (χ3v) is 10.6. The van der Waals surface area contributed by atoms with Gasteiger partial charge >= 0.3 is 0 Å². The van der Waals surface area contributed by atoms with Crippen molar-refractivity contribution in [2.45, 2.75) is 50.6 Å². The molecule has 10 nitrogen and oxygen atoms in total. The van der Waals surface area contributed by atoms with Gasteiger partial charge in [-0.2, -0.15) is 0 Å². The number of imidazole rings is 1. The molecular weight excluding hydrogens is 580 g/mol. The van der Waals surface area contributed by atoms with Crippen molar-refractivity contribution in [1.82, 2.24) is 29.2 Å². The Balaban J connectivity index is 1.14. The monoisotopic (exact) mass is 624 g/mol. The second-order valence-electron chi connectivity index (χ2n) is 13.7. The quantitative estimate of drug-likeness (QED) is 0.319. The minimum atomic E-state index is 0.0762. The molecule has 1 saturated carbocycles. The Hall–Kier alpha value is -3.73. The average molecular weight is 625 g/mol. The molecule has 4 aromatic rings. The number of aromatic nitrogens is 3. The largest absolute Gasteiger partial charge is 0.378 e. The number of nitrogens with one attached hydrogen (secondary N) is 1. The number of morpholine rings is 1. The number of carbonyl (C=O) groups excluding carboxylic acids is 2. The fourth-order valence-corrected chi connectivity index (χ4v) is 7.89. The number of fused-ring (bicyclic) bond motifs is 3. The molecule has 1 N–H and O–H groups in total. The molecule has 3 fully saturated rings. The number of hydrogen-bond acceptors (Lipinski definition) is 6.